The molecule has 2 aromatic carbocycles. The summed E-state index contributed by atoms with van der Waals surface area (Å²) in [6.45, 7) is 1.92. The topological polar surface area (TPSA) is 108 Å². The summed E-state index contributed by atoms with van der Waals surface area (Å²) in [7, 11) is 1.18. The molecule has 0 unspecified atom stereocenters. The molecule has 0 fully saturated rings. The van der Waals surface area contributed by atoms with E-state index in [1.165, 1.54) is 7.11 Å². The lowest BCUT2D eigenvalue weighted by Crippen LogP contribution is -2.44. The van der Waals surface area contributed by atoms with Crippen molar-refractivity contribution >= 4 is 46.8 Å². The van der Waals surface area contributed by atoms with Crippen LogP contribution in [0.3, 0.4) is 0 Å². The highest BCUT2D eigenvalue weighted by Gasteiger charge is 2.44. The lowest BCUT2D eigenvalue weighted by atomic mass is 9.78. The Labute approximate surface area is 194 Å². The van der Waals surface area contributed by atoms with Crippen LogP contribution in [0.4, 0.5) is 5.69 Å². The molecule has 32 heavy (non-hydrogen) atoms. The summed E-state index contributed by atoms with van der Waals surface area (Å²) in [5.74, 6) is -3.78. The monoisotopic (exact) mass is 469 g/mol. The Kier molecular flexibility index (Phi) is 7.57. The summed E-state index contributed by atoms with van der Waals surface area (Å²) >= 11 is 6.99. The average molecular weight is 470 g/mol. The summed E-state index contributed by atoms with van der Waals surface area (Å²) in [6, 6.07) is 16.0. The number of nitriles is 1. The fraction of sp³-hybridized carbons (Fsp3) is 0.217. The maximum atomic E-state index is 12.8. The second-order valence-electron chi connectivity index (χ2n) is 7.08. The number of rotatable bonds is 6. The van der Waals surface area contributed by atoms with Gasteiger partial charge in [0.2, 0.25) is 11.8 Å². The van der Waals surface area contributed by atoms with Crippen LogP contribution in [0.1, 0.15) is 17.0 Å². The van der Waals surface area contributed by atoms with E-state index in [9.17, 15) is 19.6 Å². The summed E-state index contributed by atoms with van der Waals surface area (Å²) in [6.07, 6.45) is 0. The van der Waals surface area contributed by atoms with E-state index in [-0.39, 0.29) is 22.3 Å². The standard InChI is InChI=1S/C23H20ClN3O4S/c1-13-4-3-5-16(10-13)26-18(28)12-32-22-17(11-25)19(14-6-8-15(24)9-7-14)20(21(29)27-22)23(30)31-2/h3-10,19-20H,12H2,1-2H3,(H,26,28)(H,27,29)/t19-,20-/m1/s1. The third-order valence-electron chi connectivity index (χ3n) is 4.86. The Bertz CT molecular complexity index is 1120. The number of anilines is 1. The Balaban J connectivity index is 1.88. The minimum atomic E-state index is -1.23. The number of benzene rings is 2. The van der Waals surface area contributed by atoms with Gasteiger partial charge in [0, 0.05) is 16.6 Å². The van der Waals surface area contributed by atoms with Crippen molar-refractivity contribution in [3.05, 3.63) is 75.3 Å². The number of nitrogens with zero attached hydrogens (tertiary/aromatic N) is 1. The molecule has 0 aromatic heterocycles. The predicted molar refractivity (Wildman–Crippen MR) is 123 cm³/mol. The van der Waals surface area contributed by atoms with E-state index in [2.05, 4.69) is 16.7 Å². The molecular weight excluding hydrogens is 450 g/mol. The van der Waals surface area contributed by atoms with Gasteiger partial charge in [0.25, 0.3) is 0 Å². The van der Waals surface area contributed by atoms with Crippen LogP contribution >= 0.6 is 23.4 Å². The number of esters is 1. The molecule has 1 heterocycles. The van der Waals surface area contributed by atoms with Crippen LogP contribution in [0.25, 0.3) is 0 Å². The van der Waals surface area contributed by atoms with Crippen molar-refractivity contribution < 1.29 is 19.1 Å². The second kappa shape index (κ2) is 10.4. The van der Waals surface area contributed by atoms with E-state index in [1.54, 1.807) is 30.3 Å². The SMILES string of the molecule is COC(=O)[C@H]1C(=O)NC(SCC(=O)Nc2cccc(C)c2)=C(C#N)[C@H]1c1ccc(Cl)cc1. The van der Waals surface area contributed by atoms with Gasteiger partial charge >= 0.3 is 5.97 Å². The summed E-state index contributed by atoms with van der Waals surface area (Å²) in [5, 5.41) is 16.0. The smallest absolute Gasteiger partial charge is 0.319 e. The van der Waals surface area contributed by atoms with E-state index >= 15 is 0 Å². The Hall–Kier alpha value is -3.28. The van der Waals surface area contributed by atoms with Gasteiger partial charge in [-0.25, -0.2) is 0 Å². The molecule has 1 aliphatic heterocycles. The molecule has 0 saturated heterocycles. The number of amides is 2. The average Bonchev–Trinajstić information content (AvgIpc) is 2.77. The zero-order valence-corrected chi connectivity index (χ0v) is 18.9. The largest absolute Gasteiger partial charge is 0.468 e. The quantitative estimate of drug-likeness (QED) is 0.492. The number of halogens is 1. The number of aryl methyl sites for hydroxylation is 1. The first kappa shape index (κ1) is 23.4. The number of ether oxygens (including phenoxy) is 1. The molecule has 2 atom stereocenters. The van der Waals surface area contributed by atoms with Crippen LogP contribution in [0.5, 0.6) is 0 Å². The number of carbonyl (C=O) groups excluding carboxylic acids is 3. The van der Waals surface area contributed by atoms with E-state index in [4.69, 9.17) is 16.3 Å². The molecule has 1 aliphatic rings. The first-order valence-electron chi connectivity index (χ1n) is 9.61. The van der Waals surface area contributed by atoms with Gasteiger partial charge in [-0.3, -0.25) is 14.4 Å². The Morgan fingerprint density at radius 2 is 1.97 bits per heavy atom. The molecule has 0 bridgehead atoms. The molecule has 0 spiro atoms. The number of thioether (sulfide) groups is 1. The number of carbonyl (C=O) groups is 3. The molecule has 0 saturated carbocycles. The van der Waals surface area contributed by atoms with Crippen molar-refractivity contribution in [2.45, 2.75) is 12.8 Å². The molecule has 2 aromatic rings. The van der Waals surface area contributed by atoms with Crippen molar-refractivity contribution in [2.24, 2.45) is 5.92 Å². The molecule has 7 nitrogen and oxygen atoms in total. The van der Waals surface area contributed by atoms with Crippen LogP contribution in [-0.2, 0) is 19.1 Å². The summed E-state index contributed by atoms with van der Waals surface area (Å²) in [4.78, 5) is 37.6. The maximum absolute atomic E-state index is 12.8. The van der Waals surface area contributed by atoms with E-state index < -0.39 is 23.7 Å². The van der Waals surface area contributed by atoms with Crippen LogP contribution in [0, 0.1) is 24.2 Å². The number of nitrogens with one attached hydrogen (secondary N) is 2. The molecule has 2 N–H and O–H groups in total. The summed E-state index contributed by atoms with van der Waals surface area (Å²) < 4.78 is 4.81. The molecule has 3 rings (SSSR count). The second-order valence-corrected chi connectivity index (χ2v) is 8.50. The highest BCUT2D eigenvalue weighted by atomic mass is 35.5. The Morgan fingerprint density at radius 1 is 1.25 bits per heavy atom. The van der Waals surface area contributed by atoms with Gasteiger partial charge in [-0.1, -0.05) is 47.6 Å². The third kappa shape index (κ3) is 5.31. The predicted octanol–water partition coefficient (Wildman–Crippen LogP) is 3.76. The highest BCUT2D eigenvalue weighted by Crippen LogP contribution is 2.40. The van der Waals surface area contributed by atoms with Gasteiger partial charge in [-0.05, 0) is 42.3 Å². The third-order valence-corrected chi connectivity index (χ3v) is 6.13. The van der Waals surface area contributed by atoms with Gasteiger partial charge < -0.3 is 15.4 Å². The molecular formula is C23H20ClN3O4S. The number of hydrogen-bond donors (Lipinski definition) is 2. The fourth-order valence-corrected chi connectivity index (χ4v) is 4.38. The lowest BCUT2D eigenvalue weighted by molar-refractivity contribution is -0.150. The van der Waals surface area contributed by atoms with Crippen molar-refractivity contribution in [1.82, 2.24) is 5.32 Å². The molecule has 2 amide bonds. The number of allylic oxidation sites excluding steroid dienone is 1. The summed E-state index contributed by atoms with van der Waals surface area (Å²) in [5.41, 5.74) is 2.40. The fourth-order valence-electron chi connectivity index (χ4n) is 3.41. The van der Waals surface area contributed by atoms with Gasteiger partial charge in [-0.15, -0.1) is 0 Å². The molecule has 9 heteroatoms. The highest BCUT2D eigenvalue weighted by molar-refractivity contribution is 8.03. The first-order chi connectivity index (χ1) is 15.3. The Morgan fingerprint density at radius 3 is 2.59 bits per heavy atom. The van der Waals surface area contributed by atoms with Crippen LogP contribution in [-0.4, -0.2) is 30.6 Å². The van der Waals surface area contributed by atoms with Crippen molar-refractivity contribution in [3.63, 3.8) is 0 Å². The molecule has 164 valence electrons. The van der Waals surface area contributed by atoms with Crippen molar-refractivity contribution in [2.75, 3.05) is 18.2 Å². The van der Waals surface area contributed by atoms with Gasteiger partial charge in [-0.2, -0.15) is 5.26 Å². The van der Waals surface area contributed by atoms with Crippen molar-refractivity contribution in [3.8, 4) is 6.07 Å². The molecule has 0 radical (unpaired) electrons. The van der Waals surface area contributed by atoms with E-state index in [0.717, 1.165) is 17.3 Å². The number of hydrogen-bond acceptors (Lipinski definition) is 6. The van der Waals surface area contributed by atoms with Gasteiger partial charge in [0.05, 0.1) is 29.5 Å². The van der Waals surface area contributed by atoms with Gasteiger partial charge in [0.15, 0.2) is 0 Å². The first-order valence-corrected chi connectivity index (χ1v) is 11.0. The van der Waals surface area contributed by atoms with Crippen LogP contribution in [0.15, 0.2) is 59.1 Å². The zero-order valence-electron chi connectivity index (χ0n) is 17.3. The maximum Gasteiger partial charge on any atom is 0.319 e. The van der Waals surface area contributed by atoms with Crippen LogP contribution < -0.4 is 10.6 Å². The normalized spacial score (nSPS) is 17.9. The van der Waals surface area contributed by atoms with Crippen molar-refractivity contribution in [1.29, 1.82) is 5.26 Å². The van der Waals surface area contributed by atoms with E-state index in [0.29, 0.717) is 16.3 Å². The number of methoxy groups -OCH3 is 1. The molecule has 0 aliphatic carbocycles. The van der Waals surface area contributed by atoms with Gasteiger partial charge in [0.1, 0.15) is 5.92 Å². The van der Waals surface area contributed by atoms with E-state index in [1.807, 2.05) is 25.1 Å². The minimum Gasteiger partial charge on any atom is -0.468 e. The lowest BCUT2D eigenvalue weighted by Gasteiger charge is -2.30. The zero-order chi connectivity index (χ0) is 23.3. The minimum absolute atomic E-state index is 0.0367. The van der Waals surface area contributed by atoms with Crippen LogP contribution in [0.2, 0.25) is 5.02 Å².